The number of hydrogen-bond acceptors (Lipinski definition) is 6. The van der Waals surface area contributed by atoms with Gasteiger partial charge in [-0.05, 0) is 12.8 Å². The number of aromatic nitrogens is 1. The predicted octanol–water partition coefficient (Wildman–Crippen LogP) is 0.412. The molecule has 2 saturated heterocycles. The molecule has 0 radical (unpaired) electrons. The lowest BCUT2D eigenvalue weighted by molar-refractivity contribution is -0.135. The number of nitrogens with zero attached hydrogens (tertiary/aromatic N) is 3. The SMILES string of the molecule is CCC(=O)N1CCN(C(=O)c2cc(C3CC3)on2)[C@@H]2CS(=O)(=O)C[C@@H]21. The number of hydrogen-bond donors (Lipinski definition) is 0. The molecule has 8 nitrogen and oxygen atoms in total. The van der Waals surface area contributed by atoms with Crippen LogP contribution in [-0.2, 0) is 14.6 Å². The maximum absolute atomic E-state index is 12.9. The standard InChI is InChI=1S/C16H21N3O5S/c1-2-15(20)18-5-6-19(13-9-25(22,23)8-12(13)18)16(21)11-7-14(24-17-11)10-3-4-10/h7,10,12-13H,2-6,8-9H2,1H3/t12-,13+/m0/s1. The third kappa shape index (κ3) is 2.94. The lowest BCUT2D eigenvalue weighted by Gasteiger charge is -2.43. The minimum absolute atomic E-state index is 0.0725. The second-order valence-electron chi connectivity index (χ2n) is 7.04. The fourth-order valence-electron chi connectivity index (χ4n) is 3.82. The zero-order chi connectivity index (χ0) is 17.8. The number of carbonyl (C=O) groups excluding carboxylic acids is 2. The van der Waals surface area contributed by atoms with Crippen LogP contribution in [0.25, 0.3) is 0 Å². The van der Waals surface area contributed by atoms with Gasteiger partial charge in [-0.15, -0.1) is 0 Å². The molecule has 0 aromatic carbocycles. The van der Waals surface area contributed by atoms with Gasteiger partial charge in [0.2, 0.25) is 5.91 Å². The average Bonchev–Trinajstić information content (AvgIpc) is 3.21. The number of amides is 2. The summed E-state index contributed by atoms with van der Waals surface area (Å²) < 4.78 is 29.5. The van der Waals surface area contributed by atoms with E-state index < -0.39 is 21.9 Å². The van der Waals surface area contributed by atoms with Crippen molar-refractivity contribution in [1.82, 2.24) is 15.0 Å². The van der Waals surface area contributed by atoms with Crippen LogP contribution in [0.15, 0.2) is 10.6 Å². The quantitative estimate of drug-likeness (QED) is 0.767. The van der Waals surface area contributed by atoms with E-state index in [9.17, 15) is 18.0 Å². The van der Waals surface area contributed by atoms with Crippen molar-refractivity contribution in [2.24, 2.45) is 0 Å². The third-order valence-electron chi connectivity index (χ3n) is 5.29. The van der Waals surface area contributed by atoms with Gasteiger partial charge >= 0.3 is 0 Å². The molecule has 4 rings (SSSR count). The lowest BCUT2D eigenvalue weighted by atomic mass is 10.0. The van der Waals surface area contributed by atoms with Crippen molar-refractivity contribution in [1.29, 1.82) is 0 Å². The Bertz CT molecular complexity index is 813. The Hall–Kier alpha value is -1.90. The molecule has 2 aliphatic heterocycles. The van der Waals surface area contributed by atoms with Crippen molar-refractivity contribution in [3.8, 4) is 0 Å². The molecule has 136 valence electrons. The van der Waals surface area contributed by atoms with E-state index in [0.29, 0.717) is 25.4 Å². The van der Waals surface area contributed by atoms with Crippen LogP contribution < -0.4 is 0 Å². The van der Waals surface area contributed by atoms with Crippen LogP contribution in [0.5, 0.6) is 0 Å². The summed E-state index contributed by atoms with van der Waals surface area (Å²) in [6, 6.07) is 0.690. The van der Waals surface area contributed by atoms with Gasteiger partial charge in [-0.3, -0.25) is 9.59 Å². The first-order valence-corrected chi connectivity index (χ1v) is 10.5. The fourth-order valence-corrected chi connectivity index (χ4v) is 5.80. The van der Waals surface area contributed by atoms with Gasteiger partial charge in [0, 0.05) is 31.5 Å². The van der Waals surface area contributed by atoms with Crippen LogP contribution in [0.2, 0.25) is 0 Å². The lowest BCUT2D eigenvalue weighted by Crippen LogP contribution is -2.61. The molecule has 0 N–H and O–H groups in total. The van der Waals surface area contributed by atoms with Gasteiger partial charge in [0.1, 0.15) is 5.76 Å². The summed E-state index contributed by atoms with van der Waals surface area (Å²) in [5.41, 5.74) is 0.222. The molecule has 2 amide bonds. The highest BCUT2D eigenvalue weighted by Gasteiger charge is 2.49. The van der Waals surface area contributed by atoms with Crippen LogP contribution in [-0.4, -0.2) is 71.9 Å². The number of sulfone groups is 1. The maximum Gasteiger partial charge on any atom is 0.276 e. The smallest absolute Gasteiger partial charge is 0.276 e. The summed E-state index contributed by atoms with van der Waals surface area (Å²) in [6.45, 7) is 2.42. The average molecular weight is 367 g/mol. The van der Waals surface area contributed by atoms with Crippen molar-refractivity contribution in [2.45, 2.75) is 44.2 Å². The topological polar surface area (TPSA) is 101 Å². The van der Waals surface area contributed by atoms with E-state index in [1.54, 1.807) is 22.8 Å². The van der Waals surface area contributed by atoms with E-state index in [0.717, 1.165) is 18.6 Å². The molecule has 0 spiro atoms. The summed E-state index contributed by atoms with van der Waals surface area (Å²) >= 11 is 0. The zero-order valence-electron chi connectivity index (χ0n) is 14.1. The van der Waals surface area contributed by atoms with E-state index in [4.69, 9.17) is 4.52 Å². The summed E-state index contributed by atoms with van der Waals surface area (Å²) in [5.74, 6) is 0.498. The van der Waals surface area contributed by atoms with Gasteiger partial charge in [0.15, 0.2) is 15.5 Å². The second-order valence-corrected chi connectivity index (χ2v) is 9.19. The third-order valence-corrected chi connectivity index (χ3v) is 6.99. The van der Waals surface area contributed by atoms with Gasteiger partial charge < -0.3 is 14.3 Å². The van der Waals surface area contributed by atoms with Crippen molar-refractivity contribution in [3.63, 3.8) is 0 Å². The van der Waals surface area contributed by atoms with Crippen molar-refractivity contribution in [3.05, 3.63) is 17.5 Å². The normalized spacial score (nSPS) is 28.0. The highest BCUT2D eigenvalue weighted by Crippen LogP contribution is 2.40. The molecular weight excluding hydrogens is 346 g/mol. The molecule has 9 heteroatoms. The Labute approximate surface area is 146 Å². The van der Waals surface area contributed by atoms with Crippen LogP contribution in [0.4, 0.5) is 0 Å². The Morgan fingerprint density at radius 1 is 1.20 bits per heavy atom. The van der Waals surface area contributed by atoms with Crippen molar-refractivity contribution >= 4 is 21.7 Å². The summed E-state index contributed by atoms with van der Waals surface area (Å²) in [7, 11) is -3.28. The summed E-state index contributed by atoms with van der Waals surface area (Å²) in [4.78, 5) is 28.2. The molecule has 0 unspecified atom stereocenters. The first kappa shape index (κ1) is 16.6. The van der Waals surface area contributed by atoms with Crippen LogP contribution in [0.3, 0.4) is 0 Å². The number of carbonyl (C=O) groups is 2. The molecule has 1 aromatic rings. The van der Waals surface area contributed by atoms with Gasteiger partial charge in [-0.1, -0.05) is 12.1 Å². The summed E-state index contributed by atoms with van der Waals surface area (Å²) in [6.07, 6.45) is 2.42. The molecule has 1 saturated carbocycles. The van der Waals surface area contributed by atoms with Crippen molar-refractivity contribution in [2.75, 3.05) is 24.6 Å². The minimum atomic E-state index is -3.28. The van der Waals surface area contributed by atoms with Gasteiger partial charge in [0.05, 0.1) is 23.6 Å². The van der Waals surface area contributed by atoms with Crippen LogP contribution in [0, 0.1) is 0 Å². The minimum Gasteiger partial charge on any atom is -0.360 e. The molecule has 3 aliphatic rings. The monoisotopic (exact) mass is 367 g/mol. The van der Waals surface area contributed by atoms with Crippen LogP contribution >= 0.6 is 0 Å². The maximum atomic E-state index is 12.9. The molecule has 3 heterocycles. The van der Waals surface area contributed by atoms with E-state index in [-0.39, 0.29) is 29.0 Å². The second kappa shape index (κ2) is 5.82. The number of piperazine rings is 1. The van der Waals surface area contributed by atoms with E-state index >= 15 is 0 Å². The van der Waals surface area contributed by atoms with Gasteiger partial charge in [-0.25, -0.2) is 8.42 Å². The molecule has 25 heavy (non-hydrogen) atoms. The Kier molecular flexibility index (Phi) is 3.86. The predicted molar refractivity (Wildman–Crippen MR) is 87.7 cm³/mol. The Morgan fingerprint density at radius 2 is 1.84 bits per heavy atom. The zero-order valence-corrected chi connectivity index (χ0v) is 14.9. The van der Waals surface area contributed by atoms with Crippen molar-refractivity contribution < 1.29 is 22.5 Å². The highest BCUT2D eigenvalue weighted by molar-refractivity contribution is 7.91. The highest BCUT2D eigenvalue weighted by atomic mass is 32.2. The first-order valence-electron chi connectivity index (χ1n) is 8.67. The number of rotatable bonds is 3. The summed E-state index contributed by atoms with van der Waals surface area (Å²) in [5, 5.41) is 3.88. The van der Waals surface area contributed by atoms with E-state index in [1.807, 2.05) is 0 Å². The fraction of sp³-hybridized carbons (Fsp3) is 0.688. The molecular formula is C16H21N3O5S. The van der Waals surface area contributed by atoms with E-state index in [1.165, 1.54) is 0 Å². The molecule has 2 atom stereocenters. The number of fused-ring (bicyclic) bond motifs is 1. The first-order chi connectivity index (χ1) is 11.9. The Morgan fingerprint density at radius 3 is 2.48 bits per heavy atom. The molecule has 1 aromatic heterocycles. The molecule has 3 fully saturated rings. The van der Waals surface area contributed by atoms with Gasteiger partial charge in [0.25, 0.3) is 5.91 Å². The largest absolute Gasteiger partial charge is 0.360 e. The van der Waals surface area contributed by atoms with Gasteiger partial charge in [-0.2, -0.15) is 0 Å². The van der Waals surface area contributed by atoms with Crippen LogP contribution in [0.1, 0.15) is 48.4 Å². The molecule has 0 bridgehead atoms. The molecule has 1 aliphatic carbocycles. The Balaban J connectivity index is 1.59. The van der Waals surface area contributed by atoms with E-state index in [2.05, 4.69) is 5.16 Å².